The van der Waals surface area contributed by atoms with Crippen molar-refractivity contribution in [2.24, 2.45) is 0 Å². The Morgan fingerprint density at radius 3 is 1.23 bits per heavy atom. The van der Waals surface area contributed by atoms with Crippen LogP contribution in [0.3, 0.4) is 0 Å². The Labute approximate surface area is 300 Å². The van der Waals surface area contributed by atoms with Gasteiger partial charge in [0.15, 0.2) is 0 Å². The lowest BCUT2D eigenvalue weighted by Gasteiger charge is -2.20. The van der Waals surface area contributed by atoms with Crippen LogP contribution < -0.4 is 9.47 Å². The highest BCUT2D eigenvalue weighted by atomic mass is 16.5. The summed E-state index contributed by atoms with van der Waals surface area (Å²) in [6.45, 7) is 0.541. The molecule has 6 nitrogen and oxygen atoms in total. The fourth-order valence-corrected chi connectivity index (χ4v) is 7.15. The molecule has 0 saturated carbocycles. The fraction of sp³-hybridized carbons (Fsp3) is 0.0870. The molecule has 0 fully saturated rings. The second-order valence-electron chi connectivity index (χ2n) is 12.5. The first-order valence-electron chi connectivity index (χ1n) is 17.0. The van der Waals surface area contributed by atoms with Crippen molar-refractivity contribution in [3.05, 3.63) is 168 Å². The molecule has 0 spiro atoms. The highest BCUT2D eigenvalue weighted by Crippen LogP contribution is 2.46. The molecule has 0 aliphatic carbocycles. The molecule has 0 aliphatic heterocycles. The summed E-state index contributed by atoms with van der Waals surface area (Å²) in [5.41, 5.74) is 4.76. The van der Waals surface area contributed by atoms with Crippen LogP contribution in [0.25, 0.3) is 54.2 Å². The average molecular weight is 683 g/mol. The summed E-state index contributed by atoms with van der Waals surface area (Å²) >= 11 is 0. The molecule has 0 unspecified atom stereocenters. The van der Waals surface area contributed by atoms with Crippen molar-refractivity contribution in [2.45, 2.75) is 13.2 Å². The molecular weight excluding hydrogens is 648 g/mol. The van der Waals surface area contributed by atoms with Gasteiger partial charge in [-0.1, -0.05) is 121 Å². The van der Waals surface area contributed by atoms with Gasteiger partial charge in [0.2, 0.25) is 0 Å². The number of methoxy groups -OCH3 is 2. The van der Waals surface area contributed by atoms with E-state index in [1.807, 2.05) is 97.1 Å². The maximum Gasteiger partial charge on any atom is 0.338 e. The molecule has 0 aromatic heterocycles. The lowest BCUT2D eigenvalue weighted by Crippen LogP contribution is -2.04. The van der Waals surface area contributed by atoms with Crippen LogP contribution in [0.4, 0.5) is 0 Å². The molecule has 8 rings (SSSR count). The topological polar surface area (TPSA) is 71.1 Å². The highest BCUT2D eigenvalue weighted by Gasteiger charge is 2.21. The number of carbonyl (C=O) groups is 2. The fourth-order valence-electron chi connectivity index (χ4n) is 7.15. The first-order chi connectivity index (χ1) is 25.6. The average Bonchev–Trinajstić information content (AvgIpc) is 3.20. The van der Waals surface area contributed by atoms with Crippen LogP contribution in [0, 0.1) is 0 Å². The summed E-state index contributed by atoms with van der Waals surface area (Å²) in [7, 11) is 2.78. The molecule has 0 saturated heterocycles. The number of ether oxygens (including phenoxy) is 4. The summed E-state index contributed by atoms with van der Waals surface area (Å²) in [6, 6.07) is 47.8. The second kappa shape index (κ2) is 13.9. The van der Waals surface area contributed by atoms with E-state index in [0.29, 0.717) is 22.6 Å². The molecule has 0 bridgehead atoms. The maximum absolute atomic E-state index is 12.6. The largest absolute Gasteiger partial charge is 0.488 e. The molecule has 52 heavy (non-hydrogen) atoms. The van der Waals surface area contributed by atoms with Crippen molar-refractivity contribution >= 4 is 55.0 Å². The Hall–Kier alpha value is -6.66. The van der Waals surface area contributed by atoms with Gasteiger partial charge in [-0.05, 0) is 78.5 Å². The van der Waals surface area contributed by atoms with Crippen LogP contribution in [-0.2, 0) is 22.7 Å². The first kappa shape index (κ1) is 32.5. The molecule has 0 atom stereocenters. The molecule has 0 amide bonds. The van der Waals surface area contributed by atoms with Gasteiger partial charge < -0.3 is 18.9 Å². The van der Waals surface area contributed by atoms with Gasteiger partial charge in [0.25, 0.3) is 0 Å². The van der Waals surface area contributed by atoms with Crippen LogP contribution >= 0.6 is 0 Å². The van der Waals surface area contributed by atoms with E-state index in [4.69, 9.17) is 18.9 Å². The predicted molar refractivity (Wildman–Crippen MR) is 206 cm³/mol. The summed E-state index contributed by atoms with van der Waals surface area (Å²) in [5.74, 6) is 0.649. The van der Waals surface area contributed by atoms with Gasteiger partial charge in [-0.3, -0.25) is 0 Å². The van der Waals surface area contributed by atoms with Crippen LogP contribution in [0.1, 0.15) is 31.8 Å². The number of hydrogen-bond acceptors (Lipinski definition) is 6. The maximum atomic E-state index is 12.6. The molecule has 254 valence electrons. The van der Waals surface area contributed by atoms with Gasteiger partial charge in [0.1, 0.15) is 24.7 Å². The summed E-state index contributed by atoms with van der Waals surface area (Å²) < 4.78 is 23.7. The Morgan fingerprint density at radius 1 is 0.404 bits per heavy atom. The van der Waals surface area contributed by atoms with E-state index in [9.17, 15) is 9.59 Å². The Bertz CT molecular complexity index is 2470. The zero-order valence-electron chi connectivity index (χ0n) is 28.7. The quantitative estimate of drug-likeness (QED) is 0.141. The zero-order chi connectivity index (χ0) is 35.6. The van der Waals surface area contributed by atoms with Gasteiger partial charge in [0, 0.05) is 11.1 Å². The van der Waals surface area contributed by atoms with Crippen molar-refractivity contribution in [1.29, 1.82) is 0 Å². The van der Waals surface area contributed by atoms with E-state index >= 15 is 0 Å². The summed E-state index contributed by atoms with van der Waals surface area (Å²) in [5, 5.41) is 7.67. The van der Waals surface area contributed by atoms with E-state index < -0.39 is 0 Å². The SMILES string of the molecule is COC(=O)c1cccc2c(COc3ccc4ccccc4c3-c3c(OCc4cccc5c(C(=O)OC)cccc45)ccc4ccccc34)cccc12. The van der Waals surface area contributed by atoms with E-state index in [1.54, 1.807) is 12.1 Å². The highest BCUT2D eigenvalue weighted by molar-refractivity contribution is 6.10. The third-order valence-electron chi connectivity index (χ3n) is 9.63. The first-order valence-corrected chi connectivity index (χ1v) is 17.0. The second-order valence-corrected chi connectivity index (χ2v) is 12.5. The third-order valence-corrected chi connectivity index (χ3v) is 9.63. The standard InChI is InChI=1S/C46H34O6/c1-49-45(47)39-21-9-17-33-31(13-7-19-37(33)39)27-51-41-25-23-29-11-3-5-15-35(29)43(41)44-36-16-6-4-12-30(36)24-26-42(44)52-28-32-14-8-20-38-34(32)18-10-22-40(38)46(48)50-2/h3-26H,27-28H2,1-2H3. The van der Waals surface area contributed by atoms with Crippen molar-refractivity contribution in [3.63, 3.8) is 0 Å². The van der Waals surface area contributed by atoms with Crippen molar-refractivity contribution < 1.29 is 28.5 Å². The summed E-state index contributed by atoms with van der Waals surface area (Å²) in [4.78, 5) is 25.1. The number of rotatable bonds is 9. The Balaban J connectivity index is 1.24. The van der Waals surface area contributed by atoms with Crippen molar-refractivity contribution in [3.8, 4) is 22.6 Å². The van der Waals surface area contributed by atoms with Gasteiger partial charge >= 0.3 is 11.9 Å². The lowest BCUT2D eigenvalue weighted by atomic mass is 9.92. The predicted octanol–water partition coefficient (Wildman–Crippen LogP) is 10.7. The van der Waals surface area contributed by atoms with E-state index in [1.165, 1.54) is 14.2 Å². The molecule has 8 aromatic carbocycles. The number of esters is 2. The molecule has 6 heteroatoms. The number of fused-ring (bicyclic) bond motifs is 4. The lowest BCUT2D eigenvalue weighted by molar-refractivity contribution is 0.0594. The Morgan fingerprint density at radius 2 is 0.788 bits per heavy atom. The normalized spacial score (nSPS) is 11.2. The van der Waals surface area contributed by atoms with Gasteiger partial charge in [0.05, 0.1) is 25.3 Å². The minimum Gasteiger partial charge on any atom is -0.488 e. The van der Waals surface area contributed by atoms with E-state index in [0.717, 1.165) is 65.3 Å². The van der Waals surface area contributed by atoms with Crippen LogP contribution in [0.5, 0.6) is 11.5 Å². The van der Waals surface area contributed by atoms with Gasteiger partial charge in [-0.2, -0.15) is 0 Å². The van der Waals surface area contributed by atoms with Gasteiger partial charge in [-0.15, -0.1) is 0 Å². The smallest absolute Gasteiger partial charge is 0.338 e. The molecule has 0 aliphatic rings. The molecule has 0 radical (unpaired) electrons. The summed E-state index contributed by atoms with van der Waals surface area (Å²) in [6.07, 6.45) is 0. The number of hydrogen-bond donors (Lipinski definition) is 0. The van der Waals surface area contributed by atoms with Crippen LogP contribution in [0.2, 0.25) is 0 Å². The van der Waals surface area contributed by atoms with E-state index in [2.05, 4.69) is 36.4 Å². The molecule has 0 N–H and O–H groups in total. The number of benzene rings is 8. The molecule has 0 heterocycles. The Kier molecular flexibility index (Phi) is 8.71. The van der Waals surface area contributed by atoms with Crippen molar-refractivity contribution in [1.82, 2.24) is 0 Å². The van der Waals surface area contributed by atoms with Crippen LogP contribution in [-0.4, -0.2) is 26.2 Å². The molecular formula is C46H34O6. The van der Waals surface area contributed by atoms with E-state index in [-0.39, 0.29) is 25.2 Å². The number of carbonyl (C=O) groups excluding carboxylic acids is 2. The van der Waals surface area contributed by atoms with Crippen molar-refractivity contribution in [2.75, 3.05) is 14.2 Å². The molecule has 8 aromatic rings. The zero-order valence-corrected chi connectivity index (χ0v) is 28.7. The minimum atomic E-state index is -0.378. The van der Waals surface area contributed by atoms with Gasteiger partial charge in [-0.25, -0.2) is 9.59 Å². The monoisotopic (exact) mass is 682 g/mol. The minimum absolute atomic E-state index is 0.271. The van der Waals surface area contributed by atoms with Crippen LogP contribution in [0.15, 0.2) is 146 Å². The third kappa shape index (κ3) is 5.84.